The van der Waals surface area contributed by atoms with E-state index >= 15 is 0 Å². The number of carbonyl (C=O) groups excluding carboxylic acids is 3. The van der Waals surface area contributed by atoms with Crippen molar-refractivity contribution in [2.45, 2.75) is 51.2 Å². The molecule has 0 unspecified atom stereocenters. The minimum Gasteiger partial charge on any atom is -0.385 e. The Hall–Kier alpha value is -2.61. The summed E-state index contributed by atoms with van der Waals surface area (Å²) in [6.45, 7) is 5.20. The maximum atomic E-state index is 12.7. The van der Waals surface area contributed by atoms with E-state index in [1.165, 1.54) is 0 Å². The number of likely N-dealkylation sites (tertiary alicyclic amines) is 1. The van der Waals surface area contributed by atoms with Crippen molar-refractivity contribution in [3.05, 3.63) is 29.3 Å². The lowest BCUT2D eigenvalue weighted by Crippen LogP contribution is -2.58. The normalized spacial score (nSPS) is 22.4. The van der Waals surface area contributed by atoms with Crippen LogP contribution in [0.3, 0.4) is 0 Å². The van der Waals surface area contributed by atoms with Crippen LogP contribution in [0.5, 0.6) is 0 Å². The second kappa shape index (κ2) is 8.82. The molecule has 8 nitrogen and oxygen atoms in total. The van der Waals surface area contributed by atoms with Gasteiger partial charge in [0.25, 0.3) is 5.91 Å². The highest BCUT2D eigenvalue weighted by molar-refractivity contribution is 6.02. The van der Waals surface area contributed by atoms with Gasteiger partial charge in [-0.2, -0.15) is 0 Å². The number of hydrogen-bond donors (Lipinski definition) is 3. The third-order valence-corrected chi connectivity index (χ3v) is 5.68. The van der Waals surface area contributed by atoms with E-state index in [0.717, 1.165) is 17.7 Å². The van der Waals surface area contributed by atoms with Gasteiger partial charge in [0.1, 0.15) is 11.7 Å². The summed E-state index contributed by atoms with van der Waals surface area (Å²) in [4.78, 5) is 39.4. The molecular weight excluding hydrogens is 372 g/mol. The van der Waals surface area contributed by atoms with Gasteiger partial charge in [-0.25, -0.2) is 0 Å². The fourth-order valence-electron chi connectivity index (χ4n) is 3.94. The molecule has 3 amide bonds. The molecule has 1 aromatic carbocycles. The number of anilines is 1. The summed E-state index contributed by atoms with van der Waals surface area (Å²) in [7, 11) is 1.62. The molecule has 2 atom stereocenters. The van der Waals surface area contributed by atoms with Crippen LogP contribution in [0.15, 0.2) is 18.2 Å². The average Bonchev–Trinajstić information content (AvgIpc) is 2.83. The lowest BCUT2D eigenvalue weighted by Gasteiger charge is -2.40. The summed E-state index contributed by atoms with van der Waals surface area (Å²) in [6, 6.07) is 5.11. The molecule has 29 heavy (non-hydrogen) atoms. The Bertz CT molecular complexity index is 797. The van der Waals surface area contributed by atoms with Gasteiger partial charge in [-0.1, -0.05) is 6.07 Å². The Morgan fingerprint density at radius 1 is 1.31 bits per heavy atom. The molecule has 0 aliphatic carbocycles. The Labute approximate surface area is 171 Å². The molecule has 2 heterocycles. The van der Waals surface area contributed by atoms with E-state index in [0.29, 0.717) is 38.1 Å². The van der Waals surface area contributed by atoms with Gasteiger partial charge in [0.2, 0.25) is 11.8 Å². The summed E-state index contributed by atoms with van der Waals surface area (Å²) >= 11 is 0. The van der Waals surface area contributed by atoms with E-state index in [2.05, 4.69) is 16.0 Å². The maximum absolute atomic E-state index is 12.7. The molecular formula is C21H30N4O4. The van der Waals surface area contributed by atoms with Gasteiger partial charge in [0.05, 0.1) is 5.56 Å². The second-order valence-corrected chi connectivity index (χ2v) is 7.86. The fraction of sp³-hybridized carbons (Fsp3) is 0.571. The van der Waals surface area contributed by atoms with E-state index < -0.39 is 11.7 Å². The summed E-state index contributed by atoms with van der Waals surface area (Å²) in [5.74, 6) is -0.386. The summed E-state index contributed by atoms with van der Waals surface area (Å²) in [5, 5.41) is 9.37. The van der Waals surface area contributed by atoms with E-state index in [1.54, 1.807) is 18.9 Å². The molecule has 1 spiro atoms. The van der Waals surface area contributed by atoms with Gasteiger partial charge in [0.15, 0.2) is 0 Å². The first-order valence-electron chi connectivity index (χ1n) is 10.1. The number of benzene rings is 1. The van der Waals surface area contributed by atoms with Crippen molar-refractivity contribution < 1.29 is 19.1 Å². The Balaban J connectivity index is 1.68. The molecule has 1 aromatic rings. The minimum absolute atomic E-state index is 0.0764. The van der Waals surface area contributed by atoms with Crippen molar-refractivity contribution in [3.8, 4) is 0 Å². The van der Waals surface area contributed by atoms with E-state index in [-0.39, 0.29) is 24.1 Å². The molecule has 8 heteroatoms. The maximum Gasteiger partial charge on any atom is 0.255 e. The molecule has 0 aromatic heterocycles. The van der Waals surface area contributed by atoms with Crippen LogP contribution < -0.4 is 16.0 Å². The highest BCUT2D eigenvalue weighted by Crippen LogP contribution is 2.32. The number of aryl methyl sites for hydroxylation is 1. The molecule has 3 N–H and O–H groups in total. The minimum atomic E-state index is -0.684. The molecule has 1 saturated heterocycles. The van der Waals surface area contributed by atoms with E-state index in [9.17, 15) is 14.4 Å². The standard InChI is InChI=1S/C21H30N4O4/c1-14-5-6-16-17(13-14)23-21(24-20(16)28)8-7-18(26)25(11-9-21)15(2)19(27)22-10-4-12-29-3/h5-6,13,15,23H,4,7-12H2,1-3H3,(H,22,27)(H,24,28)/t15-,21+/m1/s1. The molecule has 2 aliphatic rings. The third kappa shape index (κ3) is 4.70. The van der Waals surface area contributed by atoms with Gasteiger partial charge >= 0.3 is 0 Å². The van der Waals surface area contributed by atoms with Crippen LogP contribution >= 0.6 is 0 Å². The Morgan fingerprint density at radius 2 is 2.10 bits per heavy atom. The predicted octanol–water partition coefficient (Wildman–Crippen LogP) is 1.40. The van der Waals surface area contributed by atoms with Crippen LogP contribution in [0.4, 0.5) is 5.69 Å². The first kappa shape index (κ1) is 21.1. The van der Waals surface area contributed by atoms with Crippen molar-refractivity contribution in [1.82, 2.24) is 15.5 Å². The number of fused-ring (bicyclic) bond motifs is 1. The van der Waals surface area contributed by atoms with Crippen LogP contribution in [0.2, 0.25) is 0 Å². The first-order chi connectivity index (χ1) is 13.8. The quantitative estimate of drug-likeness (QED) is 0.625. The van der Waals surface area contributed by atoms with Crippen LogP contribution in [-0.4, -0.2) is 61.1 Å². The number of hydrogen-bond acceptors (Lipinski definition) is 5. The Morgan fingerprint density at radius 3 is 2.86 bits per heavy atom. The smallest absolute Gasteiger partial charge is 0.255 e. The van der Waals surface area contributed by atoms with Crippen molar-refractivity contribution in [2.24, 2.45) is 0 Å². The number of ether oxygens (including phenoxy) is 1. The lowest BCUT2D eigenvalue weighted by atomic mass is 9.94. The SMILES string of the molecule is COCCCNC(=O)[C@@H](C)N1CC[C@]2(CCC1=O)NC(=O)c1ccc(C)cc1N2. The number of nitrogens with zero attached hydrogens (tertiary/aromatic N) is 1. The molecule has 2 aliphatic heterocycles. The zero-order valence-corrected chi connectivity index (χ0v) is 17.3. The summed E-state index contributed by atoms with van der Waals surface area (Å²) in [5.41, 5.74) is 1.78. The monoisotopic (exact) mass is 402 g/mol. The van der Waals surface area contributed by atoms with Crippen molar-refractivity contribution >= 4 is 23.4 Å². The highest BCUT2D eigenvalue weighted by atomic mass is 16.5. The highest BCUT2D eigenvalue weighted by Gasteiger charge is 2.41. The number of methoxy groups -OCH3 is 1. The van der Waals surface area contributed by atoms with Gasteiger partial charge < -0.3 is 25.6 Å². The number of rotatable bonds is 6. The lowest BCUT2D eigenvalue weighted by molar-refractivity contribution is -0.139. The molecule has 1 fully saturated rings. The Kier molecular flexibility index (Phi) is 6.42. The summed E-state index contributed by atoms with van der Waals surface area (Å²) < 4.78 is 4.98. The van der Waals surface area contributed by atoms with Gasteiger partial charge in [0, 0.05) is 45.3 Å². The third-order valence-electron chi connectivity index (χ3n) is 5.68. The number of nitrogens with one attached hydrogen (secondary N) is 3. The van der Waals surface area contributed by atoms with Crippen LogP contribution in [0.1, 0.15) is 48.5 Å². The largest absolute Gasteiger partial charge is 0.385 e. The van der Waals surface area contributed by atoms with Crippen molar-refractivity contribution in [1.29, 1.82) is 0 Å². The molecule has 3 rings (SSSR count). The zero-order valence-electron chi connectivity index (χ0n) is 17.3. The summed E-state index contributed by atoms with van der Waals surface area (Å²) in [6.07, 6.45) is 1.99. The van der Waals surface area contributed by atoms with Crippen molar-refractivity contribution in [2.75, 3.05) is 32.1 Å². The number of amides is 3. The fourth-order valence-corrected chi connectivity index (χ4v) is 3.94. The molecule has 0 radical (unpaired) electrons. The van der Waals surface area contributed by atoms with Crippen LogP contribution in [-0.2, 0) is 14.3 Å². The predicted molar refractivity (Wildman–Crippen MR) is 110 cm³/mol. The van der Waals surface area contributed by atoms with Gasteiger partial charge in [-0.15, -0.1) is 0 Å². The van der Waals surface area contributed by atoms with Crippen LogP contribution in [0, 0.1) is 6.92 Å². The molecule has 158 valence electrons. The van der Waals surface area contributed by atoms with Crippen molar-refractivity contribution in [3.63, 3.8) is 0 Å². The van der Waals surface area contributed by atoms with E-state index in [1.807, 2.05) is 25.1 Å². The van der Waals surface area contributed by atoms with Crippen LogP contribution in [0.25, 0.3) is 0 Å². The van der Waals surface area contributed by atoms with E-state index in [4.69, 9.17) is 4.74 Å². The first-order valence-corrected chi connectivity index (χ1v) is 10.1. The van der Waals surface area contributed by atoms with Gasteiger partial charge in [-0.3, -0.25) is 14.4 Å². The number of carbonyl (C=O) groups is 3. The topological polar surface area (TPSA) is 99.8 Å². The second-order valence-electron chi connectivity index (χ2n) is 7.86. The molecule has 0 saturated carbocycles. The van der Waals surface area contributed by atoms with Gasteiger partial charge in [-0.05, 0) is 44.4 Å². The zero-order chi connectivity index (χ0) is 21.0. The molecule has 0 bridgehead atoms. The average molecular weight is 402 g/mol.